The van der Waals surface area contributed by atoms with Crippen LogP contribution in [0.15, 0.2) is 34.5 Å². The van der Waals surface area contributed by atoms with Crippen molar-refractivity contribution in [3.63, 3.8) is 0 Å². The number of sulfonamides is 1. The number of ether oxygens (including phenoxy) is 1. The molecule has 1 unspecified atom stereocenters. The number of nitrogens with zero attached hydrogens (tertiary/aromatic N) is 2. The minimum atomic E-state index is -3.64. The summed E-state index contributed by atoms with van der Waals surface area (Å²) in [5.41, 5.74) is 1.84. The van der Waals surface area contributed by atoms with E-state index >= 15 is 0 Å². The lowest BCUT2D eigenvalue weighted by molar-refractivity contribution is 0.0509. The SMILES string of the molecule is Cc1cc(C(=O)N(Cc2cccs2)CC2CCCO2)cc(S(=O)(=O)N(C)C)c1C. The summed E-state index contributed by atoms with van der Waals surface area (Å²) in [6, 6.07) is 7.26. The molecule has 1 saturated heterocycles. The van der Waals surface area contributed by atoms with Gasteiger partial charge in [-0.2, -0.15) is 0 Å². The highest BCUT2D eigenvalue weighted by atomic mass is 32.2. The van der Waals surface area contributed by atoms with Gasteiger partial charge in [-0.05, 0) is 61.4 Å². The fourth-order valence-electron chi connectivity index (χ4n) is 3.44. The molecule has 2 heterocycles. The maximum atomic E-state index is 13.4. The highest BCUT2D eigenvalue weighted by Crippen LogP contribution is 2.25. The summed E-state index contributed by atoms with van der Waals surface area (Å²) in [7, 11) is -0.646. The monoisotopic (exact) mass is 436 g/mol. The van der Waals surface area contributed by atoms with E-state index in [0.29, 0.717) is 24.2 Å². The smallest absolute Gasteiger partial charge is 0.254 e. The molecule has 1 aromatic carbocycles. The van der Waals surface area contributed by atoms with Gasteiger partial charge in [-0.25, -0.2) is 12.7 Å². The zero-order valence-corrected chi connectivity index (χ0v) is 19.0. The number of thiophene rings is 1. The summed E-state index contributed by atoms with van der Waals surface area (Å²) in [6.45, 7) is 5.32. The maximum Gasteiger partial charge on any atom is 0.254 e. The molecular weight excluding hydrogens is 408 g/mol. The predicted molar refractivity (Wildman–Crippen MR) is 115 cm³/mol. The third-order valence-electron chi connectivity index (χ3n) is 5.29. The van der Waals surface area contributed by atoms with Gasteiger partial charge in [0.2, 0.25) is 10.0 Å². The Morgan fingerprint density at radius 3 is 2.62 bits per heavy atom. The van der Waals surface area contributed by atoms with E-state index in [4.69, 9.17) is 4.74 Å². The van der Waals surface area contributed by atoms with E-state index in [1.807, 2.05) is 24.4 Å². The van der Waals surface area contributed by atoms with E-state index in [-0.39, 0.29) is 16.9 Å². The van der Waals surface area contributed by atoms with Gasteiger partial charge in [0.1, 0.15) is 0 Å². The lowest BCUT2D eigenvalue weighted by atomic mass is 10.0. The minimum absolute atomic E-state index is 0.0236. The molecule has 29 heavy (non-hydrogen) atoms. The van der Waals surface area contributed by atoms with Gasteiger partial charge >= 0.3 is 0 Å². The molecule has 1 aliphatic heterocycles. The van der Waals surface area contributed by atoms with Gasteiger partial charge in [-0.1, -0.05) is 6.07 Å². The zero-order valence-electron chi connectivity index (χ0n) is 17.3. The molecule has 8 heteroatoms. The topological polar surface area (TPSA) is 66.9 Å². The molecule has 0 bridgehead atoms. The summed E-state index contributed by atoms with van der Waals surface area (Å²) < 4.78 is 32.5. The van der Waals surface area contributed by atoms with Crippen LogP contribution >= 0.6 is 11.3 Å². The van der Waals surface area contributed by atoms with Crippen molar-refractivity contribution >= 4 is 27.3 Å². The number of hydrogen-bond donors (Lipinski definition) is 0. The molecule has 0 N–H and O–H groups in total. The lowest BCUT2D eigenvalue weighted by Gasteiger charge is -2.26. The second kappa shape index (κ2) is 8.95. The van der Waals surface area contributed by atoms with Crippen molar-refractivity contribution in [2.75, 3.05) is 27.2 Å². The van der Waals surface area contributed by atoms with Crippen molar-refractivity contribution < 1.29 is 17.9 Å². The Balaban J connectivity index is 1.97. The Labute approximate surface area is 177 Å². The van der Waals surface area contributed by atoms with Gasteiger partial charge in [0.25, 0.3) is 5.91 Å². The quantitative estimate of drug-likeness (QED) is 0.667. The number of aryl methyl sites for hydroxylation is 1. The van der Waals surface area contributed by atoms with Gasteiger partial charge in [-0.3, -0.25) is 4.79 Å². The van der Waals surface area contributed by atoms with Gasteiger partial charge in [0.05, 0.1) is 17.5 Å². The Bertz CT molecular complexity index is 963. The Morgan fingerprint density at radius 1 is 1.28 bits per heavy atom. The van der Waals surface area contributed by atoms with E-state index in [1.165, 1.54) is 24.5 Å². The first-order valence-electron chi connectivity index (χ1n) is 9.67. The minimum Gasteiger partial charge on any atom is -0.376 e. The largest absolute Gasteiger partial charge is 0.376 e. The summed E-state index contributed by atoms with van der Waals surface area (Å²) in [4.78, 5) is 16.5. The standard InChI is InChI=1S/C21H28N2O4S2/c1-15-11-17(12-20(16(15)2)29(25,26)22(3)4)21(24)23(13-18-7-5-9-27-18)14-19-8-6-10-28-19/h6,8,10-12,18H,5,7,9,13-14H2,1-4H3. The van der Waals surface area contributed by atoms with E-state index in [9.17, 15) is 13.2 Å². The molecule has 1 aliphatic rings. The number of carbonyl (C=O) groups is 1. The predicted octanol–water partition coefficient (Wildman–Crippen LogP) is 3.44. The third-order valence-corrected chi connectivity index (χ3v) is 8.09. The Kier molecular flexibility index (Phi) is 6.78. The number of rotatable bonds is 7. The van der Waals surface area contributed by atoms with Crippen LogP contribution in [0.2, 0.25) is 0 Å². The second-order valence-electron chi connectivity index (χ2n) is 7.60. The highest BCUT2D eigenvalue weighted by Gasteiger charge is 2.27. The third kappa shape index (κ3) is 4.88. The first-order chi connectivity index (χ1) is 13.7. The average Bonchev–Trinajstić information content (AvgIpc) is 3.36. The van der Waals surface area contributed by atoms with Crippen LogP contribution < -0.4 is 0 Å². The number of carbonyl (C=O) groups excluding carboxylic acids is 1. The van der Waals surface area contributed by atoms with Gasteiger partial charge in [0, 0.05) is 37.7 Å². The molecule has 1 fully saturated rings. The van der Waals surface area contributed by atoms with Crippen molar-refractivity contribution in [3.05, 3.63) is 51.2 Å². The summed E-state index contributed by atoms with van der Waals surface area (Å²) >= 11 is 1.60. The molecule has 0 aliphatic carbocycles. The van der Waals surface area contributed by atoms with Crippen molar-refractivity contribution in [2.45, 2.75) is 44.2 Å². The summed E-state index contributed by atoms with van der Waals surface area (Å²) in [6.07, 6.45) is 1.96. The van der Waals surface area contributed by atoms with E-state index in [2.05, 4.69) is 0 Å². The number of amides is 1. The molecule has 3 rings (SSSR count). The average molecular weight is 437 g/mol. The Hall–Kier alpha value is -1.74. The molecular formula is C21H28N2O4S2. The van der Waals surface area contributed by atoms with E-state index < -0.39 is 10.0 Å². The lowest BCUT2D eigenvalue weighted by Crippen LogP contribution is -2.37. The van der Waals surface area contributed by atoms with Gasteiger partial charge < -0.3 is 9.64 Å². The molecule has 0 saturated carbocycles. The molecule has 0 spiro atoms. The maximum absolute atomic E-state index is 13.4. The Morgan fingerprint density at radius 2 is 2.03 bits per heavy atom. The highest BCUT2D eigenvalue weighted by molar-refractivity contribution is 7.89. The molecule has 158 valence electrons. The number of hydrogen-bond acceptors (Lipinski definition) is 5. The van der Waals surface area contributed by atoms with E-state index in [1.54, 1.807) is 29.2 Å². The van der Waals surface area contributed by atoms with Crippen LogP contribution in [0.25, 0.3) is 0 Å². The number of benzene rings is 1. The van der Waals surface area contributed by atoms with Crippen LogP contribution in [-0.2, 0) is 21.3 Å². The molecule has 1 aromatic heterocycles. The molecule has 1 amide bonds. The summed E-state index contributed by atoms with van der Waals surface area (Å²) in [5, 5.41) is 1.99. The van der Waals surface area contributed by atoms with Crippen molar-refractivity contribution in [3.8, 4) is 0 Å². The van der Waals surface area contributed by atoms with Crippen LogP contribution in [0, 0.1) is 13.8 Å². The molecule has 2 aromatic rings. The molecule has 6 nitrogen and oxygen atoms in total. The molecule has 1 atom stereocenters. The van der Waals surface area contributed by atoms with Gasteiger partial charge in [0.15, 0.2) is 0 Å². The fraction of sp³-hybridized carbons (Fsp3) is 0.476. The first kappa shape index (κ1) is 22.0. The summed E-state index contributed by atoms with van der Waals surface area (Å²) in [5.74, 6) is -0.174. The van der Waals surface area contributed by atoms with Crippen molar-refractivity contribution in [2.24, 2.45) is 0 Å². The fourth-order valence-corrected chi connectivity index (χ4v) is 5.38. The molecule has 0 radical (unpaired) electrons. The van der Waals surface area contributed by atoms with Crippen LogP contribution in [-0.4, -0.2) is 56.9 Å². The van der Waals surface area contributed by atoms with Crippen LogP contribution in [0.4, 0.5) is 0 Å². The van der Waals surface area contributed by atoms with Crippen LogP contribution in [0.1, 0.15) is 39.2 Å². The van der Waals surface area contributed by atoms with E-state index in [0.717, 1.165) is 29.9 Å². The zero-order chi connectivity index (χ0) is 21.2. The second-order valence-corrected chi connectivity index (χ2v) is 10.8. The van der Waals surface area contributed by atoms with Gasteiger partial charge in [-0.15, -0.1) is 11.3 Å². The first-order valence-corrected chi connectivity index (χ1v) is 12.0. The van der Waals surface area contributed by atoms with Crippen molar-refractivity contribution in [1.82, 2.24) is 9.21 Å². The normalized spacial score (nSPS) is 17.1. The van der Waals surface area contributed by atoms with Crippen LogP contribution in [0.5, 0.6) is 0 Å². The van der Waals surface area contributed by atoms with Crippen LogP contribution in [0.3, 0.4) is 0 Å². The van der Waals surface area contributed by atoms with Crippen molar-refractivity contribution in [1.29, 1.82) is 0 Å².